The maximum atomic E-state index is 16.0. The van der Waals surface area contributed by atoms with Gasteiger partial charge in [0.1, 0.15) is 22.9 Å². The van der Waals surface area contributed by atoms with Crippen molar-refractivity contribution in [1.82, 2.24) is 9.80 Å². The van der Waals surface area contributed by atoms with Crippen LogP contribution in [0.25, 0.3) is 0 Å². The molecule has 6 atom stereocenters. The number of allylic oxidation sites excluding steroid dienone is 1. The lowest BCUT2D eigenvalue weighted by Crippen LogP contribution is -2.63. The van der Waals surface area contributed by atoms with Crippen molar-refractivity contribution in [1.29, 1.82) is 0 Å². The first-order valence-electron chi connectivity index (χ1n) is 13.5. The summed E-state index contributed by atoms with van der Waals surface area (Å²) in [7, 11) is 3.08. The van der Waals surface area contributed by atoms with Crippen molar-refractivity contribution in [2.24, 2.45) is 23.5 Å². The van der Waals surface area contributed by atoms with Crippen LogP contribution in [0.4, 0.5) is 4.39 Å². The van der Waals surface area contributed by atoms with Crippen LogP contribution in [-0.2, 0) is 14.4 Å². The Labute approximate surface area is 225 Å². The second-order valence-corrected chi connectivity index (χ2v) is 11.6. The fourth-order valence-corrected chi connectivity index (χ4v) is 7.27. The highest BCUT2D eigenvalue weighted by molar-refractivity contribution is 6.22. The summed E-state index contributed by atoms with van der Waals surface area (Å²) < 4.78 is 16.0. The van der Waals surface area contributed by atoms with Crippen LogP contribution in [0.1, 0.15) is 39.0 Å². The molecule has 5 aliphatic rings. The molecule has 2 unspecified atom stereocenters. The number of hydrogen-bond donors (Lipinski definition) is 5. The van der Waals surface area contributed by atoms with E-state index in [1.165, 1.54) is 11.0 Å². The van der Waals surface area contributed by atoms with Gasteiger partial charge in [-0.1, -0.05) is 13.3 Å². The van der Waals surface area contributed by atoms with Gasteiger partial charge in [-0.05, 0) is 63.9 Å². The van der Waals surface area contributed by atoms with Gasteiger partial charge < -0.3 is 26.2 Å². The van der Waals surface area contributed by atoms with Gasteiger partial charge in [0.15, 0.2) is 17.2 Å². The summed E-state index contributed by atoms with van der Waals surface area (Å²) in [5.74, 6) is -8.61. The molecule has 10 nitrogen and oxygen atoms in total. The van der Waals surface area contributed by atoms with E-state index >= 15 is 4.39 Å². The monoisotopic (exact) mass is 545 g/mol. The fourth-order valence-electron chi connectivity index (χ4n) is 7.27. The van der Waals surface area contributed by atoms with Crippen LogP contribution >= 0.6 is 0 Å². The van der Waals surface area contributed by atoms with E-state index in [1.54, 1.807) is 14.1 Å². The first-order chi connectivity index (χ1) is 18.3. The van der Waals surface area contributed by atoms with Gasteiger partial charge in [0, 0.05) is 29.7 Å². The molecule has 0 radical (unpaired) electrons. The number of aliphatic hydroxyl groups excluding tert-OH is 3. The molecule has 0 aliphatic heterocycles. The van der Waals surface area contributed by atoms with E-state index in [2.05, 4.69) is 4.90 Å². The standard InChI is InChI=1S/C28H36FN3O7/c1-4-32(14-6-5-7-14)11-13-10-17(33)19-15(21(13)29)8-12-9-16-22(31(2)3)24(35)20(27(30)38)26(37)28(16,39)25(36)18(12)23(19)34/h10,12,14,16-17,19,22,33,36-37,39H,4-9,11H2,1-3H3,(H2,30,38)/t12-,16-,17?,19?,22-,28-/m0/s1. The molecule has 0 aromatic carbocycles. The SMILES string of the molecule is CCN(CC1=CC(O)C2C(=O)C3=C(O)[C@]4(O)C(O)=C(C(N)=O)C(=O)[C@@H](N(C)C)[C@@H]4C[C@@H]3CC2=C1F)C1CCC1. The number of amides is 1. The lowest BCUT2D eigenvalue weighted by Gasteiger charge is -2.51. The Morgan fingerprint density at radius 2 is 1.85 bits per heavy atom. The first kappa shape index (κ1) is 27.7. The van der Waals surface area contributed by atoms with Gasteiger partial charge in [-0.15, -0.1) is 0 Å². The molecule has 11 heteroatoms. The van der Waals surface area contributed by atoms with Gasteiger partial charge in [-0.3, -0.25) is 24.2 Å². The Balaban J connectivity index is 1.58. The van der Waals surface area contributed by atoms with Gasteiger partial charge in [0.2, 0.25) is 0 Å². The summed E-state index contributed by atoms with van der Waals surface area (Å²) in [5.41, 5.74) is 2.10. The number of ketones is 2. The minimum absolute atomic E-state index is 0.0142. The quantitative estimate of drug-likeness (QED) is 0.306. The molecule has 1 amide bonds. The number of nitrogens with zero attached hydrogens (tertiary/aromatic N) is 2. The van der Waals surface area contributed by atoms with E-state index in [4.69, 9.17) is 5.73 Å². The molecule has 39 heavy (non-hydrogen) atoms. The Morgan fingerprint density at radius 3 is 2.38 bits per heavy atom. The average molecular weight is 546 g/mol. The van der Waals surface area contributed by atoms with Crippen molar-refractivity contribution in [2.45, 2.75) is 62.8 Å². The summed E-state index contributed by atoms with van der Waals surface area (Å²) in [5, 5.41) is 44.9. The Hall–Kier alpha value is -2.86. The molecule has 2 fully saturated rings. The molecule has 0 aromatic heterocycles. The highest BCUT2D eigenvalue weighted by Crippen LogP contribution is 2.55. The number of Topliss-reactive ketones (excluding diaryl/α,β-unsaturated/α-hetero) is 2. The van der Waals surface area contributed by atoms with E-state index in [1.807, 2.05) is 6.92 Å². The van der Waals surface area contributed by atoms with E-state index in [-0.39, 0.29) is 24.0 Å². The zero-order valence-electron chi connectivity index (χ0n) is 22.4. The van der Waals surface area contributed by atoms with Crippen molar-refractivity contribution in [2.75, 3.05) is 27.2 Å². The molecule has 6 N–H and O–H groups in total. The van der Waals surface area contributed by atoms with Gasteiger partial charge in [-0.25, -0.2) is 4.39 Å². The smallest absolute Gasteiger partial charge is 0.255 e. The zero-order valence-corrected chi connectivity index (χ0v) is 22.4. The Bertz CT molecular complexity index is 1260. The number of likely N-dealkylation sites (N-methyl/N-ethyl adjacent to an activating group) is 2. The van der Waals surface area contributed by atoms with Gasteiger partial charge in [-0.2, -0.15) is 0 Å². The van der Waals surface area contributed by atoms with Crippen LogP contribution in [0.5, 0.6) is 0 Å². The van der Waals surface area contributed by atoms with Gasteiger partial charge in [0.05, 0.1) is 18.1 Å². The third kappa shape index (κ3) is 3.93. The van der Waals surface area contributed by atoms with Crippen molar-refractivity contribution >= 4 is 17.5 Å². The molecular formula is C28H36FN3O7. The molecular weight excluding hydrogens is 509 g/mol. The first-order valence-corrected chi connectivity index (χ1v) is 13.5. The van der Waals surface area contributed by atoms with Crippen LogP contribution in [0.2, 0.25) is 0 Å². The van der Waals surface area contributed by atoms with Crippen molar-refractivity contribution in [3.05, 3.63) is 45.7 Å². The number of carbonyl (C=O) groups excluding carboxylic acids is 3. The number of fused-ring (bicyclic) bond motifs is 3. The maximum absolute atomic E-state index is 16.0. The molecule has 5 aliphatic carbocycles. The lowest BCUT2D eigenvalue weighted by atomic mass is 9.57. The third-order valence-electron chi connectivity index (χ3n) is 9.43. The summed E-state index contributed by atoms with van der Waals surface area (Å²) >= 11 is 0. The normalized spacial score (nSPS) is 35.2. The van der Waals surface area contributed by atoms with E-state index < -0.39 is 75.9 Å². The van der Waals surface area contributed by atoms with Crippen LogP contribution in [0.3, 0.4) is 0 Å². The number of nitrogens with two attached hydrogens (primary N) is 1. The molecule has 0 spiro atoms. The van der Waals surface area contributed by atoms with Crippen LogP contribution in [-0.4, -0.2) is 98.7 Å². The van der Waals surface area contributed by atoms with Gasteiger partial charge in [0.25, 0.3) is 5.91 Å². The molecule has 0 saturated heterocycles. The lowest BCUT2D eigenvalue weighted by molar-refractivity contribution is -0.137. The summed E-state index contributed by atoms with van der Waals surface area (Å²) in [4.78, 5) is 42.6. The van der Waals surface area contributed by atoms with E-state index in [9.17, 15) is 34.8 Å². The predicted octanol–water partition coefficient (Wildman–Crippen LogP) is 0.964. The minimum Gasteiger partial charge on any atom is -0.508 e. The second-order valence-electron chi connectivity index (χ2n) is 11.6. The maximum Gasteiger partial charge on any atom is 0.255 e. The predicted molar refractivity (Wildman–Crippen MR) is 138 cm³/mol. The molecule has 5 rings (SSSR count). The highest BCUT2D eigenvalue weighted by atomic mass is 19.1. The molecule has 0 heterocycles. The highest BCUT2D eigenvalue weighted by Gasteiger charge is 2.63. The fraction of sp³-hybridized carbons (Fsp3) is 0.607. The van der Waals surface area contributed by atoms with E-state index in [0.717, 1.165) is 25.8 Å². The van der Waals surface area contributed by atoms with E-state index in [0.29, 0.717) is 18.2 Å². The topological polar surface area (TPSA) is 165 Å². The van der Waals surface area contributed by atoms with Crippen LogP contribution < -0.4 is 5.73 Å². The average Bonchev–Trinajstić information content (AvgIpc) is 2.82. The molecule has 0 aromatic rings. The van der Waals surface area contributed by atoms with Crippen molar-refractivity contribution in [3.8, 4) is 0 Å². The van der Waals surface area contributed by atoms with Crippen LogP contribution in [0.15, 0.2) is 45.7 Å². The third-order valence-corrected chi connectivity index (χ3v) is 9.43. The van der Waals surface area contributed by atoms with Crippen molar-refractivity contribution in [3.63, 3.8) is 0 Å². The molecule has 212 valence electrons. The van der Waals surface area contributed by atoms with Crippen molar-refractivity contribution < 1.29 is 39.2 Å². The number of carbonyl (C=O) groups is 3. The largest absolute Gasteiger partial charge is 0.508 e. The summed E-state index contributed by atoms with van der Waals surface area (Å²) in [6.07, 6.45) is 3.13. The summed E-state index contributed by atoms with van der Waals surface area (Å²) in [6, 6.07) is -0.798. The van der Waals surface area contributed by atoms with Gasteiger partial charge >= 0.3 is 0 Å². The van der Waals surface area contributed by atoms with Crippen LogP contribution in [0, 0.1) is 17.8 Å². The number of aliphatic hydroxyl groups is 4. The number of rotatable bonds is 6. The number of hydrogen-bond acceptors (Lipinski definition) is 9. The number of halogens is 1. The summed E-state index contributed by atoms with van der Waals surface area (Å²) in [6.45, 7) is 3.03. The minimum atomic E-state index is -2.63. The Morgan fingerprint density at radius 1 is 1.18 bits per heavy atom. The second kappa shape index (κ2) is 9.65. The number of primary amides is 1. The Kier molecular flexibility index (Phi) is 6.85. The zero-order chi connectivity index (χ0) is 28.5. The molecule has 0 bridgehead atoms. The molecule has 2 saturated carbocycles.